The molecule has 1 aliphatic heterocycles. The van der Waals surface area contributed by atoms with E-state index in [9.17, 15) is 5.11 Å². The van der Waals surface area contributed by atoms with Gasteiger partial charge >= 0.3 is 0 Å². The van der Waals surface area contributed by atoms with Gasteiger partial charge in [0.25, 0.3) is 0 Å². The molecule has 0 saturated carbocycles. The van der Waals surface area contributed by atoms with Gasteiger partial charge in [0.05, 0.1) is 32.5 Å². The highest BCUT2D eigenvalue weighted by Crippen LogP contribution is 2.27. The molecule has 1 heterocycles. The van der Waals surface area contributed by atoms with Crippen molar-refractivity contribution in [3.05, 3.63) is 108 Å². The molecule has 1 fully saturated rings. The summed E-state index contributed by atoms with van der Waals surface area (Å²) in [5, 5.41) is 10.4. The van der Waals surface area contributed by atoms with Crippen molar-refractivity contribution in [1.29, 1.82) is 0 Å². The fraction of sp³-hybridized carbons (Fsp3) is 0.333. The van der Waals surface area contributed by atoms with Gasteiger partial charge < -0.3 is 24.1 Å². The zero-order chi connectivity index (χ0) is 22.0. The Morgan fingerprint density at radius 3 is 1.75 bits per heavy atom. The molecule has 0 aromatic heterocycles. The molecule has 168 valence electrons. The van der Waals surface area contributed by atoms with Crippen LogP contribution in [0.5, 0.6) is 0 Å². The van der Waals surface area contributed by atoms with E-state index in [1.807, 2.05) is 91.0 Å². The van der Waals surface area contributed by atoms with Gasteiger partial charge in [-0.15, -0.1) is 0 Å². The van der Waals surface area contributed by atoms with Crippen LogP contribution in [0.1, 0.15) is 23.1 Å². The standard InChI is InChI=1S/C27H30O5/c28-26-16-24(30-18-22-12-6-2-7-13-22)27(31-19-23-14-8-3-9-15-23)25(32-26)20-29-17-21-10-4-1-5-11-21/h1-15,24-28H,16-20H2/t24-,25-,26+,27+/m0/s1. The lowest BCUT2D eigenvalue weighted by molar-refractivity contribution is -0.265. The van der Waals surface area contributed by atoms with Crippen LogP contribution in [0.2, 0.25) is 0 Å². The highest BCUT2D eigenvalue weighted by Gasteiger charge is 2.40. The predicted molar refractivity (Wildman–Crippen MR) is 122 cm³/mol. The Morgan fingerprint density at radius 2 is 1.19 bits per heavy atom. The number of aliphatic hydroxyl groups excluding tert-OH is 1. The number of ether oxygens (including phenoxy) is 4. The second-order valence-corrected chi connectivity index (χ2v) is 7.96. The summed E-state index contributed by atoms with van der Waals surface area (Å²) < 4.78 is 24.3. The van der Waals surface area contributed by atoms with Crippen molar-refractivity contribution in [1.82, 2.24) is 0 Å². The average molecular weight is 435 g/mol. The van der Waals surface area contributed by atoms with E-state index < -0.39 is 12.4 Å². The molecule has 0 spiro atoms. The van der Waals surface area contributed by atoms with Gasteiger partial charge in [-0.1, -0.05) is 91.0 Å². The van der Waals surface area contributed by atoms with E-state index in [2.05, 4.69) is 0 Å². The van der Waals surface area contributed by atoms with Gasteiger partial charge in [-0.05, 0) is 16.7 Å². The van der Waals surface area contributed by atoms with Crippen LogP contribution in [0.3, 0.4) is 0 Å². The van der Waals surface area contributed by atoms with E-state index >= 15 is 0 Å². The van der Waals surface area contributed by atoms with Gasteiger partial charge in [-0.3, -0.25) is 0 Å². The SMILES string of the molecule is O[C@H]1C[C@H](OCc2ccccc2)[C@@H](OCc2ccccc2)[C@H](COCc2ccccc2)O1. The van der Waals surface area contributed by atoms with Crippen molar-refractivity contribution >= 4 is 0 Å². The molecule has 0 radical (unpaired) electrons. The van der Waals surface area contributed by atoms with Crippen LogP contribution in [0.25, 0.3) is 0 Å². The zero-order valence-corrected chi connectivity index (χ0v) is 18.1. The van der Waals surface area contributed by atoms with E-state index in [4.69, 9.17) is 18.9 Å². The Labute approximate surface area is 189 Å². The van der Waals surface area contributed by atoms with Crippen LogP contribution in [-0.4, -0.2) is 36.3 Å². The Balaban J connectivity index is 1.42. The van der Waals surface area contributed by atoms with Crippen molar-refractivity contribution in [2.24, 2.45) is 0 Å². The third-order valence-electron chi connectivity index (χ3n) is 5.48. The molecular weight excluding hydrogens is 404 g/mol. The topological polar surface area (TPSA) is 57.2 Å². The second-order valence-electron chi connectivity index (χ2n) is 7.96. The number of aliphatic hydroxyl groups is 1. The quantitative estimate of drug-likeness (QED) is 0.510. The maximum atomic E-state index is 10.4. The first-order chi connectivity index (χ1) is 15.8. The largest absolute Gasteiger partial charge is 0.374 e. The summed E-state index contributed by atoms with van der Waals surface area (Å²) in [4.78, 5) is 0. The van der Waals surface area contributed by atoms with Crippen molar-refractivity contribution in [3.63, 3.8) is 0 Å². The molecule has 3 aromatic rings. The Hall–Kier alpha value is -2.54. The fourth-order valence-electron chi connectivity index (χ4n) is 3.83. The molecule has 1 aliphatic rings. The molecule has 0 bridgehead atoms. The molecule has 1 N–H and O–H groups in total. The Bertz CT molecular complexity index is 903. The van der Waals surface area contributed by atoms with Crippen molar-refractivity contribution in [3.8, 4) is 0 Å². The van der Waals surface area contributed by atoms with Gasteiger partial charge in [0, 0.05) is 6.42 Å². The summed E-state index contributed by atoms with van der Waals surface area (Å²) in [6.07, 6.45) is -1.68. The maximum Gasteiger partial charge on any atom is 0.157 e. The third kappa shape index (κ3) is 6.73. The minimum atomic E-state index is -0.919. The summed E-state index contributed by atoms with van der Waals surface area (Å²) in [7, 11) is 0. The van der Waals surface area contributed by atoms with Crippen LogP contribution in [-0.2, 0) is 38.8 Å². The van der Waals surface area contributed by atoms with E-state index in [-0.39, 0.29) is 12.2 Å². The smallest absolute Gasteiger partial charge is 0.157 e. The molecule has 32 heavy (non-hydrogen) atoms. The lowest BCUT2D eigenvalue weighted by atomic mass is 10.0. The van der Waals surface area contributed by atoms with Gasteiger partial charge in [0.2, 0.25) is 0 Å². The molecule has 0 unspecified atom stereocenters. The summed E-state index contributed by atoms with van der Waals surface area (Å²) in [5.74, 6) is 0. The average Bonchev–Trinajstić information content (AvgIpc) is 2.84. The van der Waals surface area contributed by atoms with Crippen molar-refractivity contribution < 1.29 is 24.1 Å². The molecule has 0 aliphatic carbocycles. The summed E-state index contributed by atoms with van der Waals surface area (Å²) in [5.41, 5.74) is 3.24. The summed E-state index contributed by atoms with van der Waals surface area (Å²) in [6.45, 7) is 1.65. The number of hydrogen-bond donors (Lipinski definition) is 1. The number of hydrogen-bond acceptors (Lipinski definition) is 5. The van der Waals surface area contributed by atoms with Crippen LogP contribution in [0.15, 0.2) is 91.0 Å². The lowest BCUT2D eigenvalue weighted by Gasteiger charge is -2.39. The van der Waals surface area contributed by atoms with E-state index in [0.717, 1.165) is 16.7 Å². The minimum absolute atomic E-state index is 0.302. The first-order valence-corrected chi connectivity index (χ1v) is 11.0. The highest BCUT2D eigenvalue weighted by atomic mass is 16.6. The summed E-state index contributed by atoms with van der Waals surface area (Å²) >= 11 is 0. The van der Waals surface area contributed by atoms with Gasteiger partial charge in [-0.25, -0.2) is 0 Å². The second kappa shape index (κ2) is 11.9. The van der Waals surface area contributed by atoms with Gasteiger partial charge in [-0.2, -0.15) is 0 Å². The first kappa shape index (κ1) is 22.6. The Kier molecular flexibility index (Phi) is 8.42. The van der Waals surface area contributed by atoms with Crippen LogP contribution >= 0.6 is 0 Å². The molecule has 1 saturated heterocycles. The number of benzene rings is 3. The molecule has 5 nitrogen and oxygen atoms in total. The predicted octanol–water partition coefficient (Wildman–Crippen LogP) is 4.48. The molecule has 5 heteroatoms. The van der Waals surface area contributed by atoms with Crippen molar-refractivity contribution in [2.45, 2.75) is 50.8 Å². The van der Waals surface area contributed by atoms with Crippen LogP contribution < -0.4 is 0 Å². The normalized spacial score (nSPS) is 23.2. The molecule has 4 rings (SSSR count). The third-order valence-corrected chi connectivity index (χ3v) is 5.48. The van der Waals surface area contributed by atoms with Crippen LogP contribution in [0.4, 0.5) is 0 Å². The van der Waals surface area contributed by atoms with E-state index in [0.29, 0.717) is 32.8 Å². The first-order valence-electron chi connectivity index (χ1n) is 11.0. The summed E-state index contributed by atoms with van der Waals surface area (Å²) in [6, 6.07) is 30.0. The van der Waals surface area contributed by atoms with E-state index in [1.54, 1.807) is 0 Å². The molecular formula is C27H30O5. The lowest BCUT2D eigenvalue weighted by Crippen LogP contribution is -2.52. The van der Waals surface area contributed by atoms with Gasteiger partial charge in [0.15, 0.2) is 6.29 Å². The fourth-order valence-corrected chi connectivity index (χ4v) is 3.83. The van der Waals surface area contributed by atoms with Crippen LogP contribution in [0, 0.1) is 0 Å². The molecule has 0 amide bonds. The van der Waals surface area contributed by atoms with Gasteiger partial charge in [0.1, 0.15) is 12.2 Å². The molecule has 4 atom stereocenters. The molecule has 3 aromatic carbocycles. The van der Waals surface area contributed by atoms with Crippen molar-refractivity contribution in [2.75, 3.05) is 6.61 Å². The zero-order valence-electron chi connectivity index (χ0n) is 18.1. The maximum absolute atomic E-state index is 10.4. The monoisotopic (exact) mass is 434 g/mol. The minimum Gasteiger partial charge on any atom is -0.374 e. The highest BCUT2D eigenvalue weighted by molar-refractivity contribution is 5.15. The Morgan fingerprint density at radius 1 is 0.688 bits per heavy atom. The van der Waals surface area contributed by atoms with E-state index in [1.165, 1.54) is 0 Å². The number of rotatable bonds is 10.